The van der Waals surface area contributed by atoms with E-state index in [0.29, 0.717) is 17.1 Å². The monoisotopic (exact) mass is 502 g/mol. The number of amides is 1. The highest BCUT2D eigenvalue weighted by atomic mass is 19.3. The van der Waals surface area contributed by atoms with Crippen LogP contribution < -0.4 is 20.3 Å². The lowest BCUT2D eigenvalue weighted by atomic mass is 9.87. The van der Waals surface area contributed by atoms with E-state index in [2.05, 4.69) is 15.3 Å². The molecular formula is C25H25F3N4O4. The molecule has 0 bridgehead atoms. The molecule has 0 unspecified atom stereocenters. The molecule has 1 amide bonds. The van der Waals surface area contributed by atoms with Crippen LogP contribution in [0.25, 0.3) is 0 Å². The average Bonchev–Trinajstić information content (AvgIpc) is 2.86. The second kappa shape index (κ2) is 10.4. The molecule has 0 saturated carbocycles. The number of pyridine rings is 2. The molecule has 1 fully saturated rings. The molecule has 1 saturated heterocycles. The van der Waals surface area contributed by atoms with Gasteiger partial charge in [-0.15, -0.1) is 0 Å². The fourth-order valence-electron chi connectivity index (χ4n) is 4.03. The molecule has 36 heavy (non-hydrogen) atoms. The molecule has 2 atom stereocenters. The predicted octanol–water partition coefficient (Wildman–Crippen LogP) is 4.16. The molecule has 0 aliphatic carbocycles. The molecule has 4 rings (SSSR count). The Morgan fingerprint density at radius 2 is 2.03 bits per heavy atom. The maximum Gasteiger partial charge on any atom is 0.257 e. The van der Waals surface area contributed by atoms with Gasteiger partial charge in [-0.2, -0.15) is 0 Å². The first-order valence-corrected chi connectivity index (χ1v) is 11.2. The third-order valence-electron chi connectivity index (χ3n) is 6.14. The largest absolute Gasteiger partial charge is 0.493 e. The zero-order valence-corrected chi connectivity index (χ0v) is 19.6. The van der Waals surface area contributed by atoms with Gasteiger partial charge in [0.25, 0.3) is 5.92 Å². The number of benzene rings is 1. The maximum absolute atomic E-state index is 14.6. The van der Waals surface area contributed by atoms with Gasteiger partial charge in [0, 0.05) is 37.8 Å². The third-order valence-corrected chi connectivity index (χ3v) is 6.14. The van der Waals surface area contributed by atoms with Crippen molar-refractivity contribution in [3.63, 3.8) is 0 Å². The lowest BCUT2D eigenvalue weighted by Gasteiger charge is -2.40. The second-order valence-electron chi connectivity index (χ2n) is 8.49. The average molecular weight is 502 g/mol. The normalized spacial score (nSPS) is 18.3. The first kappa shape index (κ1) is 25.2. The number of nitrogens with zero attached hydrogens (tertiary/aromatic N) is 2. The number of ether oxygens (including phenoxy) is 2. The van der Waals surface area contributed by atoms with Crippen molar-refractivity contribution >= 4 is 11.7 Å². The number of hydrogen-bond donors (Lipinski definition) is 2. The van der Waals surface area contributed by atoms with Gasteiger partial charge in [0.1, 0.15) is 17.4 Å². The smallest absolute Gasteiger partial charge is 0.257 e. The van der Waals surface area contributed by atoms with Crippen LogP contribution in [0.2, 0.25) is 0 Å². The van der Waals surface area contributed by atoms with Gasteiger partial charge in [-0.05, 0) is 36.8 Å². The van der Waals surface area contributed by atoms with Gasteiger partial charge < -0.3 is 19.8 Å². The molecule has 11 heteroatoms. The molecule has 1 aliphatic heterocycles. The van der Waals surface area contributed by atoms with Crippen molar-refractivity contribution in [1.29, 1.82) is 0 Å². The fraction of sp³-hybridized carbons (Fsp3) is 0.320. The number of hydrogen-bond acceptors (Lipinski definition) is 6. The van der Waals surface area contributed by atoms with E-state index < -0.39 is 36.0 Å². The van der Waals surface area contributed by atoms with E-state index in [-0.39, 0.29) is 30.2 Å². The predicted molar refractivity (Wildman–Crippen MR) is 126 cm³/mol. The topological polar surface area (TPSA) is 96.5 Å². The van der Waals surface area contributed by atoms with E-state index >= 15 is 0 Å². The summed E-state index contributed by atoms with van der Waals surface area (Å²) in [6, 6.07) is 8.86. The van der Waals surface area contributed by atoms with Gasteiger partial charge in [-0.3, -0.25) is 14.5 Å². The molecule has 8 nitrogen and oxygen atoms in total. The van der Waals surface area contributed by atoms with Gasteiger partial charge in [0.05, 0.1) is 25.3 Å². The van der Waals surface area contributed by atoms with Crippen molar-refractivity contribution in [2.24, 2.45) is 0 Å². The third kappa shape index (κ3) is 5.68. The molecule has 0 spiro atoms. The minimum absolute atomic E-state index is 0.0428. The Kier molecular flexibility index (Phi) is 7.30. The zero-order chi connectivity index (χ0) is 25.9. The molecular weight excluding hydrogens is 477 g/mol. The number of anilines is 1. The van der Waals surface area contributed by atoms with Crippen LogP contribution in [-0.2, 0) is 4.79 Å². The number of nitrogens with one attached hydrogen (secondary N) is 2. The minimum Gasteiger partial charge on any atom is -0.493 e. The summed E-state index contributed by atoms with van der Waals surface area (Å²) in [7, 11) is 1.39. The van der Waals surface area contributed by atoms with E-state index in [1.165, 1.54) is 55.9 Å². The highest BCUT2D eigenvalue weighted by Gasteiger charge is 2.46. The lowest BCUT2D eigenvalue weighted by Crippen LogP contribution is -2.52. The van der Waals surface area contributed by atoms with Gasteiger partial charge in [0.15, 0.2) is 11.5 Å². The van der Waals surface area contributed by atoms with Gasteiger partial charge in [-0.25, -0.2) is 18.2 Å². The van der Waals surface area contributed by atoms with E-state index in [0.717, 1.165) is 0 Å². The van der Waals surface area contributed by atoms with Crippen LogP contribution in [0, 0.1) is 5.82 Å². The van der Waals surface area contributed by atoms with Crippen LogP contribution in [0.1, 0.15) is 24.8 Å². The summed E-state index contributed by atoms with van der Waals surface area (Å²) in [6.45, 7) is 1.63. The number of methoxy groups -OCH3 is 1. The van der Waals surface area contributed by atoms with Crippen molar-refractivity contribution in [1.82, 2.24) is 14.9 Å². The number of carbonyl (C=O) groups is 1. The maximum atomic E-state index is 14.6. The Hall–Kier alpha value is -3.86. The highest BCUT2D eigenvalue weighted by Crippen LogP contribution is 2.40. The molecule has 0 radical (unpaired) electrons. The number of carbonyl (C=O) groups excluding carboxylic acids is 1. The van der Waals surface area contributed by atoms with Crippen molar-refractivity contribution in [2.75, 3.05) is 25.5 Å². The Balaban J connectivity index is 1.39. The standard InChI is InChI=1S/C25H25F3N4O4/c1-15(32-10-9-25(27,28)19(14-32)16-3-8-23(33)30-12-16)24(34)31-22-7-5-18(13-29-22)36-20-6-4-17(26)11-21(20)35-2/h3-8,11-13,15,19H,9-10,14H2,1-2H3,(H,30,33)(H,29,31,34)/t15-,19+/m0/s1. The molecule has 3 aromatic rings. The fourth-order valence-corrected chi connectivity index (χ4v) is 4.03. The number of rotatable bonds is 7. The summed E-state index contributed by atoms with van der Waals surface area (Å²) in [4.78, 5) is 32.4. The lowest BCUT2D eigenvalue weighted by molar-refractivity contribution is -0.125. The van der Waals surface area contributed by atoms with Crippen LogP contribution >= 0.6 is 0 Å². The Morgan fingerprint density at radius 3 is 2.69 bits per heavy atom. The first-order chi connectivity index (χ1) is 17.2. The van der Waals surface area contributed by atoms with Crippen LogP contribution in [0.15, 0.2) is 59.7 Å². The minimum atomic E-state index is -2.96. The number of halogens is 3. The van der Waals surface area contributed by atoms with Crippen LogP contribution in [0.4, 0.5) is 19.0 Å². The van der Waals surface area contributed by atoms with Crippen molar-refractivity contribution in [2.45, 2.75) is 31.2 Å². The molecule has 3 heterocycles. The van der Waals surface area contributed by atoms with Crippen molar-refractivity contribution in [3.05, 3.63) is 76.6 Å². The molecule has 190 valence electrons. The molecule has 2 N–H and O–H groups in total. The van der Waals surface area contributed by atoms with Crippen molar-refractivity contribution < 1.29 is 27.4 Å². The zero-order valence-electron chi connectivity index (χ0n) is 19.6. The number of aromatic amines is 1. The van der Waals surface area contributed by atoms with E-state index in [1.54, 1.807) is 17.9 Å². The van der Waals surface area contributed by atoms with E-state index in [9.17, 15) is 22.8 Å². The number of piperidine rings is 1. The quantitative estimate of drug-likeness (QED) is 0.504. The summed E-state index contributed by atoms with van der Waals surface area (Å²) in [5, 5.41) is 2.69. The van der Waals surface area contributed by atoms with Crippen LogP contribution in [-0.4, -0.2) is 52.9 Å². The van der Waals surface area contributed by atoms with Crippen LogP contribution in [0.3, 0.4) is 0 Å². The van der Waals surface area contributed by atoms with Gasteiger partial charge >= 0.3 is 0 Å². The molecule has 2 aromatic heterocycles. The second-order valence-corrected chi connectivity index (χ2v) is 8.49. The number of alkyl halides is 2. The number of likely N-dealkylation sites (tertiary alicyclic amines) is 1. The SMILES string of the molecule is COc1cc(F)ccc1Oc1ccc(NC(=O)[C@H](C)N2CCC(F)(F)[C@@H](c3ccc(=O)[nH]c3)C2)nc1. The molecule has 1 aromatic carbocycles. The Morgan fingerprint density at radius 1 is 1.22 bits per heavy atom. The van der Waals surface area contributed by atoms with Gasteiger partial charge in [0.2, 0.25) is 11.5 Å². The molecule has 1 aliphatic rings. The number of H-pyrrole nitrogens is 1. The highest BCUT2D eigenvalue weighted by molar-refractivity contribution is 5.93. The summed E-state index contributed by atoms with van der Waals surface area (Å²) in [5.74, 6) is -3.88. The summed E-state index contributed by atoms with van der Waals surface area (Å²) < 4.78 is 53.4. The van der Waals surface area contributed by atoms with Gasteiger partial charge in [-0.1, -0.05) is 6.07 Å². The van der Waals surface area contributed by atoms with E-state index in [1.807, 2.05) is 0 Å². The van der Waals surface area contributed by atoms with E-state index in [4.69, 9.17) is 9.47 Å². The summed E-state index contributed by atoms with van der Waals surface area (Å²) in [5.41, 5.74) is -0.0600. The van der Waals surface area contributed by atoms with Crippen molar-refractivity contribution in [3.8, 4) is 17.2 Å². The summed E-state index contributed by atoms with van der Waals surface area (Å²) in [6.07, 6.45) is 2.27. The van der Waals surface area contributed by atoms with Crippen LogP contribution in [0.5, 0.6) is 17.2 Å². The summed E-state index contributed by atoms with van der Waals surface area (Å²) >= 11 is 0. The first-order valence-electron chi connectivity index (χ1n) is 11.2. The Labute approximate surface area is 205 Å². The Bertz CT molecular complexity index is 1260. The number of aromatic nitrogens is 2.